The number of hydrogen-bond donors (Lipinski definition) is 3. The molecule has 1 saturated carbocycles. The highest BCUT2D eigenvalue weighted by Crippen LogP contribution is 2.38. The van der Waals surface area contributed by atoms with E-state index < -0.39 is 30.0 Å². The number of aromatic nitrogens is 2. The molecule has 0 bridgehead atoms. The molecule has 0 radical (unpaired) electrons. The van der Waals surface area contributed by atoms with Crippen molar-refractivity contribution in [2.45, 2.75) is 70.5 Å². The van der Waals surface area contributed by atoms with Gasteiger partial charge in [-0.25, -0.2) is 8.78 Å². The van der Waals surface area contributed by atoms with Gasteiger partial charge in [0.25, 0.3) is 5.92 Å². The van der Waals surface area contributed by atoms with Crippen LogP contribution in [-0.4, -0.2) is 33.8 Å². The van der Waals surface area contributed by atoms with Crippen molar-refractivity contribution in [1.29, 1.82) is 0 Å². The Morgan fingerprint density at radius 3 is 2.47 bits per heavy atom. The molecule has 3 atom stereocenters. The Labute approximate surface area is 196 Å². The van der Waals surface area contributed by atoms with Crippen molar-refractivity contribution >= 4 is 5.82 Å². The summed E-state index contributed by atoms with van der Waals surface area (Å²) in [7, 11) is 0. The molecule has 1 fully saturated rings. The Kier molecular flexibility index (Phi) is 8.00. The van der Waals surface area contributed by atoms with Crippen molar-refractivity contribution in [3.63, 3.8) is 0 Å². The monoisotopic (exact) mass is 486 g/mol. The second-order valence-corrected chi connectivity index (χ2v) is 9.33. The second kappa shape index (κ2) is 10.4. The zero-order valence-corrected chi connectivity index (χ0v) is 19.3. The van der Waals surface area contributed by atoms with Gasteiger partial charge in [-0.3, -0.25) is 0 Å². The molecule has 0 saturated heterocycles. The van der Waals surface area contributed by atoms with E-state index in [9.17, 15) is 27.1 Å². The molecule has 4 N–H and O–H groups in total. The van der Waals surface area contributed by atoms with Gasteiger partial charge in [-0.05, 0) is 67.9 Å². The Balaban J connectivity index is 1.67. The van der Waals surface area contributed by atoms with Crippen LogP contribution in [0.1, 0.15) is 56.6 Å². The van der Waals surface area contributed by atoms with Crippen molar-refractivity contribution in [2.24, 2.45) is 17.6 Å². The number of aromatic hydroxyl groups is 1. The predicted molar refractivity (Wildman–Crippen MR) is 121 cm³/mol. The fourth-order valence-electron chi connectivity index (χ4n) is 4.67. The lowest BCUT2D eigenvalue weighted by Crippen LogP contribution is -2.29. The molecule has 1 aromatic heterocycles. The van der Waals surface area contributed by atoms with Gasteiger partial charge in [0.15, 0.2) is 0 Å². The third kappa shape index (κ3) is 6.55. The number of nitrogens with two attached hydrogens (primary N) is 1. The van der Waals surface area contributed by atoms with Crippen LogP contribution in [0, 0.1) is 18.8 Å². The van der Waals surface area contributed by atoms with Gasteiger partial charge >= 0.3 is 6.18 Å². The van der Waals surface area contributed by atoms with Crippen LogP contribution in [0.5, 0.6) is 5.75 Å². The van der Waals surface area contributed by atoms with Crippen LogP contribution in [0.25, 0.3) is 11.3 Å². The number of hydrogen-bond acceptors (Lipinski definition) is 5. The SMILES string of the molecule is Cc1cc(N[C@@H]2CCCC(CCC(F)(F)CN)C(C)C2)nnc1-c1ccc(C(F)(F)F)cc1O. The first-order valence-electron chi connectivity index (χ1n) is 11.5. The summed E-state index contributed by atoms with van der Waals surface area (Å²) in [6, 6.07) is 4.61. The summed E-state index contributed by atoms with van der Waals surface area (Å²) in [6.45, 7) is 3.20. The summed E-state index contributed by atoms with van der Waals surface area (Å²) in [6.07, 6.45) is -0.828. The molecule has 2 unspecified atom stereocenters. The number of nitrogens with zero attached hydrogens (tertiary/aromatic N) is 2. The molecule has 0 spiro atoms. The Bertz CT molecular complexity index is 982. The molecule has 188 valence electrons. The van der Waals surface area contributed by atoms with Gasteiger partial charge in [0, 0.05) is 18.0 Å². The minimum atomic E-state index is -4.55. The third-order valence-corrected chi connectivity index (χ3v) is 6.68. The maximum atomic E-state index is 13.6. The van der Waals surface area contributed by atoms with Crippen LogP contribution < -0.4 is 11.1 Å². The largest absolute Gasteiger partial charge is 0.507 e. The normalized spacial score (nSPS) is 21.8. The lowest BCUT2D eigenvalue weighted by molar-refractivity contribution is -0.137. The standard InChI is InChI=1S/C24H31F5N4O/c1-14-10-18(5-3-4-16(14)8-9-23(25,26)13-30)31-21-11-15(2)22(33-32-21)19-7-6-17(12-20(19)34)24(27,28)29/h6-7,11-12,14,16,18,34H,3-5,8-10,13,30H2,1-2H3,(H,31,32)/t14?,16?,18-/m1/s1. The number of phenols is 1. The maximum Gasteiger partial charge on any atom is 0.416 e. The number of benzene rings is 1. The fourth-order valence-corrected chi connectivity index (χ4v) is 4.67. The highest BCUT2D eigenvalue weighted by Gasteiger charge is 2.32. The van der Waals surface area contributed by atoms with Crippen LogP contribution >= 0.6 is 0 Å². The number of rotatable bonds is 7. The van der Waals surface area contributed by atoms with Crippen LogP contribution in [0.15, 0.2) is 24.3 Å². The summed E-state index contributed by atoms with van der Waals surface area (Å²) in [5.41, 5.74) is 5.33. The molecule has 3 rings (SSSR count). The van der Waals surface area contributed by atoms with E-state index in [2.05, 4.69) is 22.4 Å². The van der Waals surface area contributed by atoms with E-state index in [1.54, 1.807) is 13.0 Å². The van der Waals surface area contributed by atoms with Crippen LogP contribution in [-0.2, 0) is 6.18 Å². The minimum absolute atomic E-state index is 0.106. The van der Waals surface area contributed by atoms with E-state index in [1.807, 2.05) is 0 Å². The average molecular weight is 487 g/mol. The quantitative estimate of drug-likeness (QED) is 0.323. The van der Waals surface area contributed by atoms with Crippen molar-refractivity contribution in [2.75, 3.05) is 11.9 Å². The number of halogens is 5. The van der Waals surface area contributed by atoms with Gasteiger partial charge in [-0.15, -0.1) is 10.2 Å². The minimum Gasteiger partial charge on any atom is -0.507 e. The van der Waals surface area contributed by atoms with Gasteiger partial charge in [0.1, 0.15) is 11.6 Å². The predicted octanol–water partition coefficient (Wildman–Crippen LogP) is 6.16. The zero-order chi connectivity index (χ0) is 25.1. The van der Waals surface area contributed by atoms with Gasteiger partial charge in [0.2, 0.25) is 0 Å². The summed E-state index contributed by atoms with van der Waals surface area (Å²) in [5.74, 6) is -2.34. The lowest BCUT2D eigenvalue weighted by atomic mass is 9.84. The molecule has 1 heterocycles. The molecule has 2 aromatic rings. The van der Waals surface area contributed by atoms with E-state index in [-0.39, 0.29) is 29.9 Å². The number of aryl methyl sites for hydroxylation is 1. The lowest BCUT2D eigenvalue weighted by Gasteiger charge is -2.25. The van der Waals surface area contributed by atoms with Crippen LogP contribution in [0.2, 0.25) is 0 Å². The smallest absolute Gasteiger partial charge is 0.416 e. The second-order valence-electron chi connectivity index (χ2n) is 9.33. The molecule has 10 heteroatoms. The maximum absolute atomic E-state index is 13.6. The van der Waals surface area contributed by atoms with Gasteiger partial charge in [-0.2, -0.15) is 13.2 Å². The van der Waals surface area contributed by atoms with Gasteiger partial charge in [-0.1, -0.05) is 19.8 Å². The molecule has 0 aliphatic heterocycles. The summed E-state index contributed by atoms with van der Waals surface area (Å²) < 4.78 is 65.7. The number of alkyl halides is 5. The van der Waals surface area contributed by atoms with Crippen molar-refractivity contribution < 1.29 is 27.1 Å². The molecule has 1 aliphatic carbocycles. The van der Waals surface area contributed by atoms with E-state index >= 15 is 0 Å². The van der Waals surface area contributed by atoms with E-state index in [1.165, 1.54) is 6.07 Å². The number of anilines is 1. The van der Waals surface area contributed by atoms with E-state index in [4.69, 9.17) is 5.73 Å². The number of phenolic OH excluding ortho intramolecular Hbond substituents is 1. The van der Waals surface area contributed by atoms with E-state index in [0.717, 1.165) is 31.7 Å². The first-order chi connectivity index (χ1) is 15.9. The third-order valence-electron chi connectivity index (χ3n) is 6.68. The summed E-state index contributed by atoms with van der Waals surface area (Å²) in [4.78, 5) is 0. The Morgan fingerprint density at radius 2 is 1.85 bits per heavy atom. The van der Waals surface area contributed by atoms with Crippen molar-refractivity contribution in [3.05, 3.63) is 35.4 Å². The molecule has 0 amide bonds. The number of nitrogens with one attached hydrogen (secondary N) is 1. The average Bonchev–Trinajstić information content (AvgIpc) is 2.92. The van der Waals surface area contributed by atoms with Gasteiger partial charge < -0.3 is 16.2 Å². The van der Waals surface area contributed by atoms with Crippen molar-refractivity contribution in [3.8, 4) is 17.0 Å². The first kappa shape index (κ1) is 26.1. The molecule has 34 heavy (non-hydrogen) atoms. The molecular weight excluding hydrogens is 455 g/mol. The van der Waals surface area contributed by atoms with Crippen LogP contribution in [0.3, 0.4) is 0 Å². The van der Waals surface area contributed by atoms with E-state index in [0.29, 0.717) is 29.6 Å². The highest BCUT2D eigenvalue weighted by molar-refractivity contribution is 5.70. The summed E-state index contributed by atoms with van der Waals surface area (Å²) in [5, 5.41) is 21.8. The molecule has 1 aliphatic rings. The molecular formula is C24H31F5N4O. The molecule has 5 nitrogen and oxygen atoms in total. The first-order valence-corrected chi connectivity index (χ1v) is 11.5. The Morgan fingerprint density at radius 1 is 1.12 bits per heavy atom. The van der Waals surface area contributed by atoms with Crippen molar-refractivity contribution in [1.82, 2.24) is 10.2 Å². The Hall–Kier alpha value is -2.49. The molecule has 1 aromatic carbocycles. The fraction of sp³-hybridized carbons (Fsp3) is 0.583. The van der Waals surface area contributed by atoms with Crippen LogP contribution in [0.4, 0.5) is 27.8 Å². The topological polar surface area (TPSA) is 84.1 Å². The summed E-state index contributed by atoms with van der Waals surface area (Å²) >= 11 is 0. The highest BCUT2D eigenvalue weighted by atomic mass is 19.4. The van der Waals surface area contributed by atoms with Gasteiger partial charge in [0.05, 0.1) is 17.8 Å². The zero-order valence-electron chi connectivity index (χ0n) is 19.3.